The highest BCUT2D eigenvalue weighted by Gasteiger charge is 2.02. The summed E-state index contributed by atoms with van der Waals surface area (Å²) in [4.78, 5) is 8.24. The standard InChI is InChI=1S/C12H14IN5/c1-2-15-10-7-11(18-12(14)17-10)16-9-5-3-8(13)4-6-9/h3-7H,2H2,1H3,(H4,14,15,16,17,18). The number of anilines is 4. The summed E-state index contributed by atoms with van der Waals surface area (Å²) < 4.78 is 1.19. The number of hydrogen-bond donors (Lipinski definition) is 3. The van der Waals surface area contributed by atoms with Crippen LogP contribution in [-0.4, -0.2) is 16.5 Å². The molecule has 0 saturated heterocycles. The summed E-state index contributed by atoms with van der Waals surface area (Å²) in [6, 6.07) is 9.87. The second-order valence-electron chi connectivity index (χ2n) is 3.66. The van der Waals surface area contributed by atoms with Crippen LogP contribution in [0.15, 0.2) is 30.3 Å². The van der Waals surface area contributed by atoms with Gasteiger partial charge < -0.3 is 16.4 Å². The lowest BCUT2D eigenvalue weighted by Crippen LogP contribution is -2.05. The lowest BCUT2D eigenvalue weighted by atomic mass is 10.3. The average Bonchev–Trinajstić information content (AvgIpc) is 2.32. The van der Waals surface area contributed by atoms with Crippen LogP contribution in [0.4, 0.5) is 23.3 Å². The number of nitrogens with two attached hydrogens (primary N) is 1. The molecule has 4 N–H and O–H groups in total. The molecule has 18 heavy (non-hydrogen) atoms. The molecule has 94 valence electrons. The molecule has 1 aromatic carbocycles. The maximum absolute atomic E-state index is 5.66. The minimum absolute atomic E-state index is 0.251. The number of nitrogens with zero attached hydrogens (tertiary/aromatic N) is 2. The van der Waals surface area contributed by atoms with Crippen LogP contribution in [0.5, 0.6) is 0 Å². The van der Waals surface area contributed by atoms with Crippen LogP contribution in [0.25, 0.3) is 0 Å². The van der Waals surface area contributed by atoms with Crippen molar-refractivity contribution in [1.29, 1.82) is 0 Å². The Bertz CT molecular complexity index is 526. The van der Waals surface area contributed by atoms with E-state index in [4.69, 9.17) is 5.73 Å². The summed E-state index contributed by atoms with van der Waals surface area (Å²) in [6.45, 7) is 2.80. The Morgan fingerprint density at radius 2 is 1.83 bits per heavy atom. The quantitative estimate of drug-likeness (QED) is 0.736. The largest absolute Gasteiger partial charge is 0.370 e. The summed E-state index contributed by atoms with van der Waals surface area (Å²) in [5, 5.41) is 6.31. The van der Waals surface area contributed by atoms with Gasteiger partial charge in [-0.2, -0.15) is 9.97 Å². The topological polar surface area (TPSA) is 75.9 Å². The molecular weight excluding hydrogens is 341 g/mol. The molecule has 0 atom stereocenters. The molecule has 0 bridgehead atoms. The smallest absolute Gasteiger partial charge is 0.223 e. The lowest BCUT2D eigenvalue weighted by molar-refractivity contribution is 1.12. The fourth-order valence-corrected chi connectivity index (χ4v) is 1.84. The minimum Gasteiger partial charge on any atom is -0.370 e. The molecule has 0 fully saturated rings. The highest BCUT2D eigenvalue weighted by molar-refractivity contribution is 14.1. The lowest BCUT2D eigenvalue weighted by Gasteiger charge is -2.09. The summed E-state index contributed by atoms with van der Waals surface area (Å²) in [5.74, 6) is 1.65. The van der Waals surface area contributed by atoms with Gasteiger partial charge in [0.05, 0.1) is 0 Å². The van der Waals surface area contributed by atoms with Gasteiger partial charge in [0.2, 0.25) is 5.95 Å². The molecule has 2 aromatic rings. The highest BCUT2D eigenvalue weighted by Crippen LogP contribution is 2.19. The van der Waals surface area contributed by atoms with Crippen LogP contribution < -0.4 is 16.4 Å². The van der Waals surface area contributed by atoms with Gasteiger partial charge in [-0.25, -0.2) is 0 Å². The minimum atomic E-state index is 0.251. The van der Waals surface area contributed by atoms with Crippen molar-refractivity contribution in [2.75, 3.05) is 22.9 Å². The first-order valence-electron chi connectivity index (χ1n) is 5.58. The van der Waals surface area contributed by atoms with Crippen LogP contribution in [-0.2, 0) is 0 Å². The van der Waals surface area contributed by atoms with Crippen molar-refractivity contribution in [3.63, 3.8) is 0 Å². The van der Waals surface area contributed by atoms with Gasteiger partial charge in [0.15, 0.2) is 0 Å². The third-order valence-electron chi connectivity index (χ3n) is 2.22. The van der Waals surface area contributed by atoms with Gasteiger partial charge in [-0.1, -0.05) is 0 Å². The van der Waals surface area contributed by atoms with Crippen LogP contribution in [0, 0.1) is 3.57 Å². The van der Waals surface area contributed by atoms with E-state index in [1.807, 2.05) is 37.3 Å². The number of nitrogen functional groups attached to an aromatic ring is 1. The molecule has 1 aromatic heterocycles. The maximum atomic E-state index is 5.66. The van der Waals surface area contributed by atoms with Crippen molar-refractivity contribution in [3.8, 4) is 0 Å². The Balaban J connectivity index is 2.20. The van der Waals surface area contributed by atoms with E-state index in [0.29, 0.717) is 5.82 Å². The zero-order valence-electron chi connectivity index (χ0n) is 9.94. The molecule has 0 amide bonds. The van der Waals surface area contributed by atoms with Crippen molar-refractivity contribution in [1.82, 2.24) is 9.97 Å². The van der Waals surface area contributed by atoms with Crippen LogP contribution in [0.2, 0.25) is 0 Å². The summed E-state index contributed by atoms with van der Waals surface area (Å²) >= 11 is 2.27. The van der Waals surface area contributed by atoms with Crippen molar-refractivity contribution in [2.45, 2.75) is 6.92 Å². The molecule has 0 aliphatic rings. The van der Waals surface area contributed by atoms with Gasteiger partial charge in [0.1, 0.15) is 11.6 Å². The molecule has 1 heterocycles. The Labute approximate surface area is 119 Å². The Morgan fingerprint density at radius 1 is 1.17 bits per heavy atom. The predicted octanol–water partition coefficient (Wildman–Crippen LogP) is 2.84. The average molecular weight is 355 g/mol. The van der Waals surface area contributed by atoms with Gasteiger partial charge in [0.25, 0.3) is 0 Å². The fourth-order valence-electron chi connectivity index (χ4n) is 1.48. The van der Waals surface area contributed by atoms with E-state index < -0.39 is 0 Å². The molecule has 0 saturated carbocycles. The highest BCUT2D eigenvalue weighted by atomic mass is 127. The first-order valence-corrected chi connectivity index (χ1v) is 6.66. The molecule has 2 rings (SSSR count). The normalized spacial score (nSPS) is 10.1. The third kappa shape index (κ3) is 3.46. The zero-order valence-corrected chi connectivity index (χ0v) is 12.1. The van der Waals surface area contributed by atoms with E-state index in [1.165, 1.54) is 3.57 Å². The Morgan fingerprint density at radius 3 is 2.50 bits per heavy atom. The van der Waals surface area contributed by atoms with Crippen molar-refractivity contribution < 1.29 is 0 Å². The summed E-state index contributed by atoms with van der Waals surface area (Å²) in [7, 11) is 0. The van der Waals surface area contributed by atoms with E-state index in [9.17, 15) is 0 Å². The Hall–Kier alpha value is -1.57. The summed E-state index contributed by atoms with van der Waals surface area (Å²) in [5.41, 5.74) is 6.63. The van der Waals surface area contributed by atoms with Crippen LogP contribution in [0.3, 0.4) is 0 Å². The molecule has 0 spiro atoms. The van der Waals surface area contributed by atoms with Gasteiger partial charge in [0, 0.05) is 21.9 Å². The molecular formula is C12H14IN5. The fraction of sp³-hybridized carbons (Fsp3) is 0.167. The van der Waals surface area contributed by atoms with Gasteiger partial charge in [-0.15, -0.1) is 0 Å². The summed E-state index contributed by atoms with van der Waals surface area (Å²) in [6.07, 6.45) is 0. The van der Waals surface area contributed by atoms with Crippen LogP contribution in [0.1, 0.15) is 6.92 Å². The SMILES string of the molecule is CCNc1cc(Nc2ccc(I)cc2)nc(N)n1. The number of nitrogens with one attached hydrogen (secondary N) is 2. The molecule has 0 unspecified atom stereocenters. The van der Waals surface area contributed by atoms with E-state index in [0.717, 1.165) is 18.1 Å². The van der Waals surface area contributed by atoms with E-state index in [1.54, 1.807) is 0 Å². The molecule has 5 nitrogen and oxygen atoms in total. The predicted molar refractivity (Wildman–Crippen MR) is 83.0 cm³/mol. The van der Waals surface area contributed by atoms with E-state index in [2.05, 4.69) is 43.2 Å². The number of rotatable bonds is 4. The van der Waals surface area contributed by atoms with Gasteiger partial charge in [-0.3, -0.25) is 0 Å². The zero-order chi connectivity index (χ0) is 13.0. The first kappa shape index (κ1) is 12.9. The Kier molecular flexibility index (Phi) is 4.19. The second-order valence-corrected chi connectivity index (χ2v) is 4.90. The van der Waals surface area contributed by atoms with Crippen molar-refractivity contribution >= 4 is 45.9 Å². The van der Waals surface area contributed by atoms with Crippen LogP contribution >= 0.6 is 22.6 Å². The van der Waals surface area contributed by atoms with Gasteiger partial charge >= 0.3 is 0 Å². The van der Waals surface area contributed by atoms with Crippen molar-refractivity contribution in [2.24, 2.45) is 0 Å². The second kappa shape index (κ2) is 5.85. The van der Waals surface area contributed by atoms with E-state index in [-0.39, 0.29) is 5.95 Å². The molecule has 0 aliphatic heterocycles. The monoisotopic (exact) mass is 355 g/mol. The third-order valence-corrected chi connectivity index (χ3v) is 2.94. The van der Waals surface area contributed by atoms with E-state index >= 15 is 0 Å². The number of halogens is 1. The number of benzene rings is 1. The van der Waals surface area contributed by atoms with Gasteiger partial charge in [-0.05, 0) is 53.8 Å². The van der Waals surface area contributed by atoms with Crippen molar-refractivity contribution in [3.05, 3.63) is 33.9 Å². The first-order chi connectivity index (χ1) is 8.67. The molecule has 0 aliphatic carbocycles. The number of hydrogen-bond acceptors (Lipinski definition) is 5. The molecule has 6 heteroatoms. The maximum Gasteiger partial charge on any atom is 0.223 e. The number of aromatic nitrogens is 2. The molecule has 0 radical (unpaired) electrons.